The number of ether oxygens (including phenoxy) is 3. The van der Waals surface area contributed by atoms with Crippen LogP contribution in [0.2, 0.25) is 0 Å². The van der Waals surface area contributed by atoms with Gasteiger partial charge in [0, 0.05) is 0 Å². The molecular formula is C10H22O6Ti. The zero-order valence-electron chi connectivity index (χ0n) is 11.2. The molecular weight excluding hydrogens is 264 g/mol. The van der Waals surface area contributed by atoms with Crippen LogP contribution in [0.3, 0.4) is 0 Å². The fourth-order valence-corrected chi connectivity index (χ4v) is 1.69. The van der Waals surface area contributed by atoms with Crippen LogP contribution >= 0.6 is 0 Å². The Balaban J connectivity index is 4.96. The first-order valence-corrected chi connectivity index (χ1v) is 7.59. The maximum absolute atomic E-state index is 10.9. The zero-order chi connectivity index (χ0) is 13.6. The van der Waals surface area contributed by atoms with E-state index in [4.69, 9.17) is 21.2 Å². The molecule has 0 unspecified atom stereocenters. The monoisotopic (exact) mass is 286 g/mol. The Kier molecular flexibility index (Phi) is 7.83. The topological polar surface area (TPSA) is 74.2 Å². The standard InChI is InChI=1S/C10H21O4.H2O.O.Ti/c1-7(2)12-10(11,13-8(3)4)14-9(5)6;;;/h7-9H,1-6H3;1H2;;/q-1;;;+2/p-1. The van der Waals surface area contributed by atoms with Crippen molar-refractivity contribution < 1.29 is 43.2 Å². The third kappa shape index (κ3) is 8.10. The summed E-state index contributed by atoms with van der Waals surface area (Å²) in [5.74, 6) is 0. The Hall–Kier alpha value is 0.314. The van der Waals surface area contributed by atoms with E-state index in [1.807, 2.05) is 0 Å². The van der Waals surface area contributed by atoms with Gasteiger partial charge in [-0.2, -0.15) is 0 Å². The van der Waals surface area contributed by atoms with Gasteiger partial charge in [0.2, 0.25) is 0 Å². The quantitative estimate of drug-likeness (QED) is 0.540. The van der Waals surface area contributed by atoms with Gasteiger partial charge in [-0.3, -0.25) is 0 Å². The van der Waals surface area contributed by atoms with Crippen molar-refractivity contribution in [1.82, 2.24) is 0 Å². The Bertz CT molecular complexity index is 214. The minimum atomic E-state index is -3.86. The van der Waals surface area contributed by atoms with Crippen LogP contribution in [0.15, 0.2) is 0 Å². The van der Waals surface area contributed by atoms with Gasteiger partial charge in [-0.1, -0.05) is 0 Å². The summed E-state index contributed by atoms with van der Waals surface area (Å²) in [5, 5.41) is 0. The molecule has 0 radical (unpaired) electrons. The molecule has 1 N–H and O–H groups in total. The molecule has 7 heteroatoms. The molecule has 0 bridgehead atoms. The van der Waals surface area contributed by atoms with Gasteiger partial charge in [-0.15, -0.1) is 0 Å². The fourth-order valence-electron chi connectivity index (χ4n) is 1.13. The van der Waals surface area contributed by atoms with Crippen molar-refractivity contribution in [1.29, 1.82) is 0 Å². The van der Waals surface area contributed by atoms with Crippen LogP contribution in [0.1, 0.15) is 41.5 Å². The molecule has 0 aliphatic heterocycles. The van der Waals surface area contributed by atoms with E-state index in [0.29, 0.717) is 0 Å². The van der Waals surface area contributed by atoms with Crippen molar-refractivity contribution >= 4 is 0 Å². The first-order chi connectivity index (χ1) is 7.67. The molecule has 0 heterocycles. The Labute approximate surface area is 109 Å². The second kappa shape index (κ2) is 7.68. The molecule has 6 nitrogen and oxygen atoms in total. The Morgan fingerprint density at radius 3 is 1.35 bits per heavy atom. The van der Waals surface area contributed by atoms with Crippen LogP contribution in [0.25, 0.3) is 0 Å². The SMILES string of the molecule is CC(C)OC(OC(C)C)(OC(C)C)[O][Ti](=[O])[OH]. The summed E-state index contributed by atoms with van der Waals surface area (Å²) in [7, 11) is 0. The predicted octanol–water partition coefficient (Wildman–Crippen LogP) is 1.68. The second-order valence-corrected chi connectivity index (χ2v) is 5.52. The molecule has 0 rings (SSSR count). The van der Waals surface area contributed by atoms with E-state index in [0.717, 1.165) is 0 Å². The van der Waals surface area contributed by atoms with Gasteiger partial charge >= 0.3 is 109 Å². The molecule has 102 valence electrons. The summed E-state index contributed by atoms with van der Waals surface area (Å²) in [5.41, 5.74) is 0. The molecule has 0 amide bonds. The predicted molar refractivity (Wildman–Crippen MR) is 55.4 cm³/mol. The Morgan fingerprint density at radius 1 is 0.882 bits per heavy atom. The third-order valence-electron chi connectivity index (χ3n) is 1.35. The van der Waals surface area contributed by atoms with E-state index in [-0.39, 0.29) is 18.3 Å². The average molecular weight is 286 g/mol. The van der Waals surface area contributed by atoms with Gasteiger partial charge in [0.05, 0.1) is 0 Å². The molecule has 0 aromatic carbocycles. The number of rotatable bonds is 8. The van der Waals surface area contributed by atoms with Crippen molar-refractivity contribution in [3.8, 4) is 0 Å². The molecule has 0 aliphatic carbocycles. The number of hydrogen-bond donors (Lipinski definition) is 1. The maximum atomic E-state index is 10.9. The molecule has 0 aliphatic rings. The molecule has 0 saturated carbocycles. The summed E-state index contributed by atoms with van der Waals surface area (Å²) in [6.45, 7) is 10.5. The van der Waals surface area contributed by atoms with Crippen molar-refractivity contribution in [3.63, 3.8) is 0 Å². The summed E-state index contributed by atoms with van der Waals surface area (Å²) in [6, 6.07) is 0. The van der Waals surface area contributed by atoms with Gasteiger partial charge in [0.15, 0.2) is 0 Å². The first-order valence-electron chi connectivity index (χ1n) is 5.62. The molecule has 0 fully saturated rings. The average Bonchev–Trinajstić information content (AvgIpc) is 1.95. The summed E-state index contributed by atoms with van der Waals surface area (Å²) in [4.78, 5) is 0. The molecule has 17 heavy (non-hydrogen) atoms. The summed E-state index contributed by atoms with van der Waals surface area (Å²) in [6.07, 6.45) is -2.72. The van der Waals surface area contributed by atoms with E-state index in [9.17, 15) is 3.32 Å². The minimum absolute atomic E-state index is 0.273. The van der Waals surface area contributed by atoms with Crippen LogP contribution in [-0.2, 0) is 39.5 Å². The van der Waals surface area contributed by atoms with Crippen molar-refractivity contribution in [3.05, 3.63) is 0 Å². The van der Waals surface area contributed by atoms with Crippen molar-refractivity contribution in [2.45, 2.75) is 66.0 Å². The van der Waals surface area contributed by atoms with Crippen LogP contribution in [0.4, 0.5) is 0 Å². The van der Waals surface area contributed by atoms with Gasteiger partial charge in [0.1, 0.15) is 0 Å². The normalized spacial score (nSPS) is 12.8. The zero-order valence-corrected chi connectivity index (χ0v) is 12.8. The molecule has 0 aromatic heterocycles. The fraction of sp³-hybridized carbons (Fsp3) is 1.00. The Morgan fingerprint density at radius 2 is 1.18 bits per heavy atom. The van der Waals surface area contributed by atoms with Crippen LogP contribution in [-0.4, -0.2) is 28.2 Å². The summed E-state index contributed by atoms with van der Waals surface area (Å²) >= 11 is -3.86. The van der Waals surface area contributed by atoms with E-state index in [1.54, 1.807) is 41.5 Å². The number of hydrogen-bond acceptors (Lipinski definition) is 5. The van der Waals surface area contributed by atoms with E-state index >= 15 is 0 Å². The van der Waals surface area contributed by atoms with Crippen LogP contribution in [0.5, 0.6) is 0 Å². The van der Waals surface area contributed by atoms with E-state index < -0.39 is 24.8 Å². The van der Waals surface area contributed by atoms with Crippen molar-refractivity contribution in [2.75, 3.05) is 0 Å². The van der Waals surface area contributed by atoms with E-state index in [1.165, 1.54) is 0 Å². The molecule has 0 aromatic rings. The second-order valence-electron chi connectivity index (χ2n) is 4.37. The third-order valence-corrected chi connectivity index (χ3v) is 2.02. The summed E-state index contributed by atoms with van der Waals surface area (Å²) < 4.78 is 40.9. The molecule has 0 spiro atoms. The van der Waals surface area contributed by atoms with Crippen LogP contribution < -0.4 is 0 Å². The first kappa shape index (κ1) is 17.3. The van der Waals surface area contributed by atoms with Gasteiger partial charge in [0.25, 0.3) is 0 Å². The van der Waals surface area contributed by atoms with Crippen molar-refractivity contribution in [2.24, 2.45) is 0 Å². The van der Waals surface area contributed by atoms with E-state index in [2.05, 4.69) is 0 Å². The van der Waals surface area contributed by atoms with Gasteiger partial charge < -0.3 is 0 Å². The molecule has 0 saturated heterocycles. The van der Waals surface area contributed by atoms with Crippen LogP contribution in [0, 0.1) is 0 Å². The molecule has 0 atom stereocenters. The van der Waals surface area contributed by atoms with Gasteiger partial charge in [-0.05, 0) is 0 Å². The van der Waals surface area contributed by atoms with Gasteiger partial charge in [-0.25, -0.2) is 0 Å².